The molecule has 0 fully saturated rings. The maximum atomic E-state index is 12.6. The number of carbonyl (C=O) groups excluding carboxylic acids is 3. The number of thiol groups is 1. The number of hydrogen-bond donors (Lipinski definition) is 8. The van der Waals surface area contributed by atoms with Crippen molar-refractivity contribution in [1.82, 2.24) is 20.9 Å². The Labute approximate surface area is 212 Å². The van der Waals surface area contributed by atoms with Gasteiger partial charge in [-0.05, 0) is 36.5 Å². The molecule has 4 atom stereocenters. The Morgan fingerprint density at radius 3 is 2.31 bits per heavy atom. The number of nitrogens with one attached hydrogen (secondary N) is 4. The number of H-pyrrole nitrogens is 1. The van der Waals surface area contributed by atoms with E-state index in [1.807, 2.05) is 30.5 Å². The van der Waals surface area contributed by atoms with Crippen LogP contribution < -0.4 is 21.7 Å². The summed E-state index contributed by atoms with van der Waals surface area (Å²) in [7, 11) is 0. The number of fused-ring (bicyclic) bond motifs is 1. The minimum Gasteiger partial charge on any atom is -0.480 e. The second kappa shape index (κ2) is 14.0. The van der Waals surface area contributed by atoms with Gasteiger partial charge in [0, 0.05) is 22.9 Å². The number of carbonyl (C=O) groups is 4. The van der Waals surface area contributed by atoms with Gasteiger partial charge in [0.25, 0.3) is 0 Å². The number of nitrogens with two attached hydrogens (primary N) is 1. The highest BCUT2D eigenvalue weighted by Crippen LogP contribution is 2.18. The summed E-state index contributed by atoms with van der Waals surface area (Å²) >= 11 is 5.49. The topological polar surface area (TPSA) is 187 Å². The molecular weight excluding hydrogens is 494 g/mol. The van der Waals surface area contributed by atoms with E-state index in [0.29, 0.717) is 5.75 Å². The van der Waals surface area contributed by atoms with Gasteiger partial charge < -0.3 is 36.9 Å². The molecule has 11 nitrogen and oxygen atoms in total. The van der Waals surface area contributed by atoms with Gasteiger partial charge in [0.15, 0.2) is 0 Å². The molecule has 0 saturated heterocycles. The van der Waals surface area contributed by atoms with Crippen LogP contribution in [0, 0.1) is 0 Å². The molecule has 0 aliphatic heterocycles. The fraction of sp³-hybridized carbons (Fsp3) is 0.455. The van der Waals surface area contributed by atoms with Crippen molar-refractivity contribution in [3.63, 3.8) is 0 Å². The smallest absolute Gasteiger partial charge is 0.326 e. The van der Waals surface area contributed by atoms with Gasteiger partial charge in [-0.1, -0.05) is 18.2 Å². The van der Waals surface area contributed by atoms with E-state index < -0.39 is 54.5 Å². The zero-order chi connectivity index (χ0) is 26.0. The van der Waals surface area contributed by atoms with E-state index in [-0.39, 0.29) is 18.6 Å². The molecule has 13 heteroatoms. The van der Waals surface area contributed by atoms with Crippen LogP contribution in [-0.2, 0) is 25.6 Å². The molecule has 1 aromatic carbocycles. The lowest BCUT2D eigenvalue weighted by Crippen LogP contribution is -2.58. The normalized spacial score (nSPS) is 14.5. The summed E-state index contributed by atoms with van der Waals surface area (Å²) in [5, 5.41) is 27.0. The highest BCUT2D eigenvalue weighted by Gasteiger charge is 2.29. The van der Waals surface area contributed by atoms with Crippen LogP contribution in [0.15, 0.2) is 30.5 Å². The SMILES string of the molecule is CSCCC(NC(=O)C(CS)NC(=O)C(CO)NC(=O)C(N)Cc1c[nH]c2ccccc12)C(=O)O. The molecule has 0 spiro atoms. The third-order valence-electron chi connectivity index (χ3n) is 5.31. The molecule has 1 heterocycles. The molecule has 0 aliphatic carbocycles. The molecule has 35 heavy (non-hydrogen) atoms. The van der Waals surface area contributed by atoms with E-state index in [1.54, 1.807) is 6.20 Å². The van der Waals surface area contributed by atoms with Crippen LogP contribution in [0.2, 0.25) is 0 Å². The first-order valence-electron chi connectivity index (χ1n) is 10.9. The first-order valence-corrected chi connectivity index (χ1v) is 12.9. The molecule has 2 rings (SSSR count). The fourth-order valence-electron chi connectivity index (χ4n) is 3.33. The average Bonchev–Trinajstić information content (AvgIpc) is 3.25. The van der Waals surface area contributed by atoms with Gasteiger partial charge in [0.1, 0.15) is 18.1 Å². The molecule has 3 amide bonds. The molecule has 0 aliphatic rings. The van der Waals surface area contributed by atoms with Gasteiger partial charge in [0.2, 0.25) is 17.7 Å². The Balaban J connectivity index is 1.96. The summed E-state index contributed by atoms with van der Waals surface area (Å²) in [6.07, 6.45) is 3.98. The van der Waals surface area contributed by atoms with Crippen molar-refractivity contribution in [1.29, 1.82) is 0 Å². The zero-order valence-electron chi connectivity index (χ0n) is 19.2. The lowest BCUT2D eigenvalue weighted by Gasteiger charge is -2.23. The number of carboxylic acid groups (broad SMARTS) is 1. The van der Waals surface area contributed by atoms with Gasteiger partial charge in [-0.2, -0.15) is 24.4 Å². The average molecular weight is 526 g/mol. The van der Waals surface area contributed by atoms with Gasteiger partial charge >= 0.3 is 5.97 Å². The first kappa shape index (κ1) is 28.5. The van der Waals surface area contributed by atoms with Crippen LogP contribution in [0.1, 0.15) is 12.0 Å². The third kappa shape index (κ3) is 8.16. The van der Waals surface area contributed by atoms with Gasteiger partial charge in [-0.3, -0.25) is 14.4 Å². The van der Waals surface area contributed by atoms with E-state index >= 15 is 0 Å². The van der Waals surface area contributed by atoms with E-state index in [9.17, 15) is 29.4 Å². The van der Waals surface area contributed by atoms with Crippen molar-refractivity contribution < 1.29 is 29.4 Å². The van der Waals surface area contributed by atoms with Crippen LogP contribution in [0.25, 0.3) is 10.9 Å². The van der Waals surface area contributed by atoms with Gasteiger partial charge in [-0.15, -0.1) is 0 Å². The lowest BCUT2D eigenvalue weighted by molar-refractivity contribution is -0.142. The van der Waals surface area contributed by atoms with Crippen LogP contribution in [0.4, 0.5) is 0 Å². The molecule has 0 bridgehead atoms. The monoisotopic (exact) mass is 525 g/mol. The summed E-state index contributed by atoms with van der Waals surface area (Å²) in [6.45, 7) is -0.732. The minimum absolute atomic E-state index is 0.126. The number of hydrogen-bond acceptors (Lipinski definition) is 8. The Bertz CT molecular complexity index is 1030. The van der Waals surface area contributed by atoms with Crippen LogP contribution in [0.5, 0.6) is 0 Å². The largest absolute Gasteiger partial charge is 0.480 e. The Kier molecular flexibility index (Phi) is 11.4. The molecule has 0 saturated carbocycles. The number of aliphatic hydroxyl groups is 1. The molecule has 192 valence electrons. The number of aromatic amines is 1. The van der Waals surface area contributed by atoms with Crippen molar-refractivity contribution in [2.45, 2.75) is 37.0 Å². The van der Waals surface area contributed by atoms with Crippen LogP contribution in [-0.4, -0.2) is 87.4 Å². The quantitative estimate of drug-likeness (QED) is 0.148. The van der Waals surface area contributed by atoms with Crippen molar-refractivity contribution >= 4 is 59.0 Å². The molecule has 4 unspecified atom stereocenters. The number of aliphatic carboxylic acids is 1. The fourth-order valence-corrected chi connectivity index (χ4v) is 4.06. The maximum Gasteiger partial charge on any atom is 0.326 e. The van der Waals surface area contributed by atoms with Crippen molar-refractivity contribution in [2.24, 2.45) is 5.73 Å². The summed E-state index contributed by atoms with van der Waals surface area (Å²) in [4.78, 5) is 52.2. The standard InChI is InChI=1S/C22H31N5O6S2/c1-35-7-6-16(22(32)33)25-21(31)18(11-34)27-20(30)17(10-28)26-19(29)14(23)8-12-9-24-15-5-3-2-4-13(12)15/h2-5,9,14,16-18,24,28,34H,6-8,10-11,23H2,1H3,(H,25,31)(H,26,29)(H,27,30)(H,32,33). The summed E-state index contributed by atoms with van der Waals surface area (Å²) < 4.78 is 0. The number of carboxylic acids is 1. The Morgan fingerprint density at radius 1 is 1.06 bits per heavy atom. The molecule has 8 N–H and O–H groups in total. The zero-order valence-corrected chi connectivity index (χ0v) is 20.9. The van der Waals surface area contributed by atoms with E-state index in [2.05, 4.69) is 33.6 Å². The van der Waals surface area contributed by atoms with Crippen LogP contribution in [0.3, 0.4) is 0 Å². The highest BCUT2D eigenvalue weighted by atomic mass is 32.2. The van der Waals surface area contributed by atoms with Crippen LogP contribution >= 0.6 is 24.4 Å². The summed E-state index contributed by atoms with van der Waals surface area (Å²) in [5.41, 5.74) is 7.76. The summed E-state index contributed by atoms with van der Waals surface area (Å²) in [5.74, 6) is -3.02. The summed E-state index contributed by atoms with van der Waals surface area (Å²) in [6, 6.07) is 2.89. The predicted octanol–water partition coefficient (Wildman–Crippen LogP) is -0.748. The maximum absolute atomic E-state index is 12.6. The Hall–Kier alpha value is -2.74. The second-order valence-electron chi connectivity index (χ2n) is 7.84. The lowest BCUT2D eigenvalue weighted by atomic mass is 10.0. The van der Waals surface area contributed by atoms with Crippen molar-refractivity contribution in [3.05, 3.63) is 36.0 Å². The van der Waals surface area contributed by atoms with E-state index in [1.165, 1.54) is 11.8 Å². The minimum atomic E-state index is -1.36. The number of amides is 3. The predicted molar refractivity (Wildman–Crippen MR) is 137 cm³/mol. The number of thioether (sulfide) groups is 1. The van der Waals surface area contributed by atoms with Crippen molar-refractivity contribution in [2.75, 3.05) is 24.4 Å². The van der Waals surface area contributed by atoms with E-state index in [0.717, 1.165) is 16.5 Å². The molecule has 2 aromatic rings. The number of para-hydroxylation sites is 1. The molecule has 0 radical (unpaired) electrons. The first-order chi connectivity index (χ1) is 16.7. The number of aromatic nitrogens is 1. The van der Waals surface area contributed by atoms with Gasteiger partial charge in [-0.25, -0.2) is 4.79 Å². The van der Waals surface area contributed by atoms with Crippen molar-refractivity contribution in [3.8, 4) is 0 Å². The highest BCUT2D eigenvalue weighted by molar-refractivity contribution is 7.98. The number of rotatable bonds is 14. The third-order valence-corrected chi connectivity index (χ3v) is 6.32. The Morgan fingerprint density at radius 2 is 1.69 bits per heavy atom. The number of benzene rings is 1. The molecule has 1 aromatic heterocycles. The van der Waals surface area contributed by atoms with Gasteiger partial charge in [0.05, 0.1) is 12.6 Å². The second-order valence-corrected chi connectivity index (χ2v) is 9.19. The van der Waals surface area contributed by atoms with E-state index in [4.69, 9.17) is 5.73 Å². The molecular formula is C22H31N5O6S2. The number of aliphatic hydroxyl groups excluding tert-OH is 1.